The van der Waals surface area contributed by atoms with Gasteiger partial charge in [-0.25, -0.2) is 4.79 Å². The van der Waals surface area contributed by atoms with Crippen molar-refractivity contribution in [3.63, 3.8) is 0 Å². The predicted octanol–water partition coefficient (Wildman–Crippen LogP) is 0.585. The Balaban J connectivity index is 0.000000585. The summed E-state index contributed by atoms with van der Waals surface area (Å²) in [5, 5.41) is 19.2. The first-order chi connectivity index (χ1) is 10.5. The van der Waals surface area contributed by atoms with E-state index in [2.05, 4.69) is 36.1 Å². The Hall–Kier alpha value is -1.70. The number of Topliss-reactive ketones (excluding diaryl/α,β-unsaturated/α-hetero) is 1. The van der Waals surface area contributed by atoms with E-state index in [4.69, 9.17) is 15.2 Å². The number of hydrogen-bond donors (Lipinski definition) is 4. The number of carboxylic acids is 1. The van der Waals surface area contributed by atoms with Crippen LogP contribution in [-0.2, 0) is 9.59 Å². The molecule has 1 atom stereocenters. The fraction of sp³-hybridized carbons (Fsp3) is 0.769. The highest BCUT2D eigenvalue weighted by atomic mass is 19.4. The zero-order chi connectivity index (χ0) is 18.1. The fourth-order valence-electron chi connectivity index (χ4n) is 1.70. The minimum atomic E-state index is -5.08. The van der Waals surface area contributed by atoms with Crippen LogP contribution in [0.3, 0.4) is 0 Å². The summed E-state index contributed by atoms with van der Waals surface area (Å²) in [6.07, 6.45) is -4.11. The lowest BCUT2D eigenvalue weighted by molar-refractivity contribution is -0.192. The number of aliphatic carboxylic acids is 1. The lowest BCUT2D eigenvalue weighted by atomic mass is 9.94. The molecular formula is C13H21F3N4O3. The highest BCUT2D eigenvalue weighted by Gasteiger charge is 2.41. The maximum Gasteiger partial charge on any atom is 0.490 e. The van der Waals surface area contributed by atoms with E-state index in [9.17, 15) is 18.0 Å². The number of hydrazine groups is 1. The van der Waals surface area contributed by atoms with E-state index in [1.54, 1.807) is 0 Å². The van der Waals surface area contributed by atoms with Crippen molar-refractivity contribution in [2.24, 2.45) is 5.92 Å². The van der Waals surface area contributed by atoms with Gasteiger partial charge in [0.2, 0.25) is 0 Å². The molecule has 1 rings (SSSR count). The Morgan fingerprint density at radius 2 is 2.04 bits per heavy atom. The monoisotopic (exact) mass is 338 g/mol. The highest BCUT2D eigenvalue weighted by Crippen LogP contribution is 2.17. The number of carbonyl (C=O) groups excluding carboxylic acids is 1. The van der Waals surface area contributed by atoms with E-state index in [1.807, 2.05) is 0 Å². The van der Waals surface area contributed by atoms with Crippen molar-refractivity contribution in [1.82, 2.24) is 16.2 Å². The van der Waals surface area contributed by atoms with Crippen LogP contribution in [0.1, 0.15) is 26.7 Å². The van der Waals surface area contributed by atoms with E-state index in [1.165, 1.54) is 0 Å². The second kappa shape index (κ2) is 9.44. The molecule has 1 aliphatic rings. The molecule has 23 heavy (non-hydrogen) atoms. The summed E-state index contributed by atoms with van der Waals surface area (Å²) in [6, 6.07) is 2.10. The number of halogens is 3. The molecule has 7 nitrogen and oxygen atoms in total. The normalized spacial score (nSPS) is 20.8. The molecule has 1 saturated heterocycles. The van der Waals surface area contributed by atoms with Crippen molar-refractivity contribution in [1.29, 1.82) is 5.26 Å². The van der Waals surface area contributed by atoms with Crippen LogP contribution in [-0.4, -0.2) is 48.2 Å². The van der Waals surface area contributed by atoms with Crippen molar-refractivity contribution in [2.45, 2.75) is 38.4 Å². The van der Waals surface area contributed by atoms with Gasteiger partial charge in [0, 0.05) is 32.5 Å². The Kier molecular flexibility index (Phi) is 8.74. The molecule has 1 unspecified atom stereocenters. The molecule has 0 amide bonds. The van der Waals surface area contributed by atoms with Crippen molar-refractivity contribution in [3.05, 3.63) is 0 Å². The van der Waals surface area contributed by atoms with Gasteiger partial charge in [0.05, 0.1) is 6.07 Å². The van der Waals surface area contributed by atoms with E-state index in [0.717, 1.165) is 6.54 Å². The van der Waals surface area contributed by atoms with Crippen molar-refractivity contribution in [3.8, 4) is 6.07 Å². The number of ketones is 1. The number of carbonyl (C=O) groups is 2. The molecule has 0 radical (unpaired) electrons. The van der Waals surface area contributed by atoms with E-state index < -0.39 is 17.7 Å². The highest BCUT2D eigenvalue weighted by molar-refractivity contribution is 5.93. The summed E-state index contributed by atoms with van der Waals surface area (Å²) < 4.78 is 31.7. The third-order valence-corrected chi connectivity index (χ3v) is 2.95. The number of alkyl halides is 3. The molecule has 0 aromatic carbocycles. The van der Waals surface area contributed by atoms with Crippen LogP contribution in [0.15, 0.2) is 0 Å². The van der Waals surface area contributed by atoms with Gasteiger partial charge < -0.3 is 5.11 Å². The van der Waals surface area contributed by atoms with Gasteiger partial charge in [-0.1, -0.05) is 13.8 Å². The number of carboxylic acid groups (broad SMARTS) is 1. The summed E-state index contributed by atoms with van der Waals surface area (Å²) in [6.45, 7) is 6.34. The standard InChI is InChI=1S/C11H20N4O.C2HF3O2/c1-9(2)7-15-14-6-4-11(8-12)10(16)3-5-13-11;3-2(4,5)1(6)7/h9,13-15H,3-7H2,1-2H3;(H,6,7). The van der Waals surface area contributed by atoms with Gasteiger partial charge in [-0.15, -0.1) is 0 Å². The third kappa shape index (κ3) is 7.92. The smallest absolute Gasteiger partial charge is 0.475 e. The summed E-state index contributed by atoms with van der Waals surface area (Å²) in [5.74, 6) is -2.17. The average Bonchev–Trinajstić information content (AvgIpc) is 2.79. The first-order valence-corrected chi connectivity index (χ1v) is 7.00. The van der Waals surface area contributed by atoms with E-state index in [-0.39, 0.29) is 5.78 Å². The van der Waals surface area contributed by atoms with Gasteiger partial charge in [-0.05, 0) is 5.92 Å². The van der Waals surface area contributed by atoms with Crippen molar-refractivity contribution in [2.75, 3.05) is 19.6 Å². The first kappa shape index (κ1) is 21.3. The molecule has 132 valence electrons. The van der Waals surface area contributed by atoms with Crippen LogP contribution >= 0.6 is 0 Å². The van der Waals surface area contributed by atoms with Gasteiger partial charge in [0.25, 0.3) is 0 Å². The molecule has 1 fully saturated rings. The summed E-state index contributed by atoms with van der Waals surface area (Å²) in [5.41, 5.74) is 5.14. The molecule has 0 aromatic rings. The fourth-order valence-corrected chi connectivity index (χ4v) is 1.70. The van der Waals surface area contributed by atoms with Crippen LogP contribution in [0.25, 0.3) is 0 Å². The second-order valence-electron chi connectivity index (χ2n) is 5.37. The Morgan fingerprint density at radius 3 is 2.39 bits per heavy atom. The molecule has 10 heteroatoms. The SMILES string of the molecule is CC(C)CNNCCC1(C#N)NCCC1=O.O=C(O)C(F)(F)F. The van der Waals surface area contributed by atoms with Crippen LogP contribution in [0.2, 0.25) is 0 Å². The summed E-state index contributed by atoms with van der Waals surface area (Å²) in [7, 11) is 0. The first-order valence-electron chi connectivity index (χ1n) is 7.00. The average molecular weight is 338 g/mol. The molecule has 0 spiro atoms. The number of nitriles is 1. The summed E-state index contributed by atoms with van der Waals surface area (Å²) >= 11 is 0. The molecule has 0 aliphatic carbocycles. The molecule has 4 N–H and O–H groups in total. The molecule has 1 aliphatic heterocycles. The van der Waals surface area contributed by atoms with Gasteiger partial charge in [0.1, 0.15) is 0 Å². The molecule has 0 bridgehead atoms. The predicted molar refractivity (Wildman–Crippen MR) is 75.1 cm³/mol. The van der Waals surface area contributed by atoms with Gasteiger partial charge in [0.15, 0.2) is 11.3 Å². The van der Waals surface area contributed by atoms with Crippen LogP contribution in [0, 0.1) is 17.2 Å². The zero-order valence-corrected chi connectivity index (χ0v) is 13.0. The largest absolute Gasteiger partial charge is 0.490 e. The van der Waals surface area contributed by atoms with Crippen LogP contribution < -0.4 is 16.2 Å². The zero-order valence-electron chi connectivity index (χ0n) is 13.0. The lowest BCUT2D eigenvalue weighted by Gasteiger charge is -2.19. The molecular weight excluding hydrogens is 317 g/mol. The molecule has 0 aromatic heterocycles. The van der Waals surface area contributed by atoms with E-state index >= 15 is 0 Å². The Bertz CT molecular complexity index is 449. The van der Waals surface area contributed by atoms with E-state index in [0.29, 0.717) is 31.8 Å². The quantitative estimate of drug-likeness (QED) is 0.414. The maximum atomic E-state index is 11.6. The number of hydrogen-bond acceptors (Lipinski definition) is 6. The van der Waals surface area contributed by atoms with Gasteiger partial charge in [-0.2, -0.15) is 18.4 Å². The van der Waals surface area contributed by atoms with Gasteiger partial charge >= 0.3 is 12.1 Å². The number of nitrogens with zero attached hydrogens (tertiary/aromatic N) is 1. The minimum Gasteiger partial charge on any atom is -0.475 e. The van der Waals surface area contributed by atoms with Crippen LogP contribution in [0.5, 0.6) is 0 Å². The van der Waals surface area contributed by atoms with Gasteiger partial charge in [-0.3, -0.25) is 21.0 Å². The number of nitrogens with one attached hydrogen (secondary N) is 3. The third-order valence-electron chi connectivity index (χ3n) is 2.95. The topological polar surface area (TPSA) is 114 Å². The van der Waals surface area contributed by atoms with Crippen molar-refractivity contribution >= 4 is 11.8 Å². The van der Waals surface area contributed by atoms with Crippen molar-refractivity contribution < 1.29 is 27.9 Å². The number of rotatable bonds is 6. The van der Waals surface area contributed by atoms with Crippen LogP contribution in [0.4, 0.5) is 13.2 Å². The maximum absolute atomic E-state index is 11.6. The minimum absolute atomic E-state index is 0.0145. The molecule has 1 heterocycles. The Morgan fingerprint density at radius 1 is 1.48 bits per heavy atom. The lowest BCUT2D eigenvalue weighted by Crippen LogP contribution is -2.47. The Labute approximate surface area is 132 Å². The molecule has 0 saturated carbocycles. The second-order valence-corrected chi connectivity index (χ2v) is 5.37. The summed E-state index contributed by atoms with van der Waals surface area (Å²) in [4.78, 5) is 20.5.